The number of methoxy groups -OCH3 is 1. The van der Waals surface area contributed by atoms with Gasteiger partial charge in [-0.05, 0) is 72.7 Å². The molecule has 4 rings (SSSR count). The molecule has 3 aromatic rings. The van der Waals surface area contributed by atoms with Gasteiger partial charge in [-0.15, -0.1) is 0 Å². The molecule has 38 heavy (non-hydrogen) atoms. The number of amides is 2. The van der Waals surface area contributed by atoms with Crippen molar-refractivity contribution >= 4 is 46.6 Å². The number of rotatable bonds is 9. The van der Waals surface area contributed by atoms with Gasteiger partial charge in [0.05, 0.1) is 24.3 Å². The SMILES string of the molecule is CCOc1cccc(N2C(=O)/C(=C/c3ccc(OCc4ccc([N+](=O)[O-])cc4)c(OC)c3)C(=O)NC2=S)c1. The second-order valence-electron chi connectivity index (χ2n) is 8.01. The third-order valence-electron chi connectivity index (χ3n) is 5.53. The third kappa shape index (κ3) is 5.79. The Morgan fingerprint density at radius 2 is 1.79 bits per heavy atom. The first-order chi connectivity index (χ1) is 18.3. The zero-order valence-corrected chi connectivity index (χ0v) is 21.3. The van der Waals surface area contributed by atoms with Crippen LogP contribution in [-0.4, -0.2) is 35.6 Å². The second kappa shape index (κ2) is 11.5. The molecule has 0 radical (unpaired) electrons. The molecule has 0 atom stereocenters. The summed E-state index contributed by atoms with van der Waals surface area (Å²) >= 11 is 5.27. The lowest BCUT2D eigenvalue weighted by Crippen LogP contribution is -2.54. The third-order valence-corrected chi connectivity index (χ3v) is 5.81. The number of hydrogen-bond acceptors (Lipinski definition) is 8. The summed E-state index contributed by atoms with van der Waals surface area (Å²) in [5, 5.41) is 13.4. The molecule has 3 aromatic carbocycles. The average molecular weight is 534 g/mol. The number of nitro benzene ring substituents is 1. The summed E-state index contributed by atoms with van der Waals surface area (Å²) in [7, 11) is 1.47. The Balaban J connectivity index is 1.56. The second-order valence-corrected chi connectivity index (χ2v) is 8.40. The molecule has 1 saturated heterocycles. The molecule has 0 bridgehead atoms. The number of carbonyl (C=O) groups is 2. The van der Waals surface area contributed by atoms with E-state index in [0.29, 0.717) is 35.1 Å². The highest BCUT2D eigenvalue weighted by atomic mass is 32.1. The topological polar surface area (TPSA) is 120 Å². The molecule has 1 heterocycles. The molecule has 194 valence electrons. The first kappa shape index (κ1) is 26.3. The minimum Gasteiger partial charge on any atom is -0.494 e. The van der Waals surface area contributed by atoms with Crippen molar-refractivity contribution in [2.75, 3.05) is 18.6 Å². The Labute approximate surface area is 223 Å². The summed E-state index contributed by atoms with van der Waals surface area (Å²) in [6.07, 6.45) is 1.45. The number of benzene rings is 3. The van der Waals surface area contributed by atoms with Crippen molar-refractivity contribution in [3.05, 3.63) is 93.5 Å². The van der Waals surface area contributed by atoms with E-state index < -0.39 is 16.7 Å². The van der Waals surface area contributed by atoms with E-state index in [1.807, 2.05) is 6.92 Å². The van der Waals surface area contributed by atoms with E-state index in [4.69, 9.17) is 26.4 Å². The van der Waals surface area contributed by atoms with Gasteiger partial charge < -0.3 is 14.2 Å². The summed E-state index contributed by atoms with van der Waals surface area (Å²) in [6, 6.07) is 17.8. The van der Waals surface area contributed by atoms with Crippen molar-refractivity contribution in [3.63, 3.8) is 0 Å². The maximum atomic E-state index is 13.3. The number of carbonyl (C=O) groups excluding carboxylic acids is 2. The van der Waals surface area contributed by atoms with Crippen LogP contribution in [0.4, 0.5) is 11.4 Å². The zero-order chi connectivity index (χ0) is 27.2. The number of thiocarbonyl (C=S) groups is 1. The Kier molecular flexibility index (Phi) is 7.97. The predicted octanol–water partition coefficient (Wildman–Crippen LogP) is 4.41. The van der Waals surface area contributed by atoms with Crippen molar-refractivity contribution in [1.82, 2.24) is 5.32 Å². The van der Waals surface area contributed by atoms with Gasteiger partial charge in [-0.2, -0.15) is 0 Å². The van der Waals surface area contributed by atoms with Crippen LogP contribution >= 0.6 is 12.2 Å². The van der Waals surface area contributed by atoms with Gasteiger partial charge in [0.15, 0.2) is 16.6 Å². The first-order valence-electron chi connectivity index (χ1n) is 11.5. The first-order valence-corrected chi connectivity index (χ1v) is 11.9. The van der Waals surface area contributed by atoms with Gasteiger partial charge in [0.1, 0.15) is 17.9 Å². The van der Waals surface area contributed by atoms with Gasteiger partial charge in [0.25, 0.3) is 17.5 Å². The number of nitrogens with zero attached hydrogens (tertiary/aromatic N) is 2. The Bertz CT molecular complexity index is 1440. The van der Waals surface area contributed by atoms with Crippen molar-refractivity contribution < 1.29 is 28.7 Å². The lowest BCUT2D eigenvalue weighted by Gasteiger charge is -2.29. The van der Waals surface area contributed by atoms with E-state index in [9.17, 15) is 19.7 Å². The zero-order valence-electron chi connectivity index (χ0n) is 20.5. The van der Waals surface area contributed by atoms with Gasteiger partial charge in [-0.25, -0.2) is 0 Å². The van der Waals surface area contributed by atoms with Crippen LogP contribution in [0.2, 0.25) is 0 Å². The van der Waals surface area contributed by atoms with Crippen LogP contribution in [0.15, 0.2) is 72.3 Å². The summed E-state index contributed by atoms with van der Waals surface area (Å²) in [4.78, 5) is 37.6. The molecule has 0 aromatic heterocycles. The number of ether oxygens (including phenoxy) is 3. The van der Waals surface area contributed by atoms with Gasteiger partial charge >= 0.3 is 0 Å². The fourth-order valence-electron chi connectivity index (χ4n) is 3.71. The highest BCUT2D eigenvalue weighted by molar-refractivity contribution is 7.80. The number of nitrogens with one attached hydrogen (secondary N) is 1. The predicted molar refractivity (Wildman–Crippen MR) is 144 cm³/mol. The number of anilines is 1. The summed E-state index contributed by atoms with van der Waals surface area (Å²) in [6.45, 7) is 2.47. The Hall–Kier alpha value is -4.77. The highest BCUT2D eigenvalue weighted by Gasteiger charge is 2.34. The molecule has 0 saturated carbocycles. The van der Waals surface area contributed by atoms with E-state index in [1.54, 1.807) is 54.6 Å². The summed E-state index contributed by atoms with van der Waals surface area (Å²) < 4.78 is 16.8. The molecule has 0 unspecified atom stereocenters. The average Bonchev–Trinajstić information content (AvgIpc) is 2.90. The monoisotopic (exact) mass is 533 g/mol. The van der Waals surface area contributed by atoms with Crippen LogP contribution in [0.1, 0.15) is 18.1 Å². The van der Waals surface area contributed by atoms with Gasteiger partial charge in [-0.1, -0.05) is 12.1 Å². The summed E-state index contributed by atoms with van der Waals surface area (Å²) in [5.74, 6) is 0.168. The lowest BCUT2D eigenvalue weighted by molar-refractivity contribution is -0.384. The van der Waals surface area contributed by atoms with E-state index in [1.165, 1.54) is 30.2 Å². The van der Waals surface area contributed by atoms with Crippen LogP contribution < -0.4 is 24.4 Å². The van der Waals surface area contributed by atoms with Crippen LogP contribution in [-0.2, 0) is 16.2 Å². The van der Waals surface area contributed by atoms with E-state index in [2.05, 4.69) is 5.32 Å². The maximum Gasteiger partial charge on any atom is 0.270 e. The number of hydrogen-bond donors (Lipinski definition) is 1. The van der Waals surface area contributed by atoms with Crippen LogP contribution in [0, 0.1) is 10.1 Å². The minimum atomic E-state index is -0.616. The molecule has 1 fully saturated rings. The van der Waals surface area contributed by atoms with Gasteiger partial charge in [0.2, 0.25) is 0 Å². The molecule has 11 heteroatoms. The lowest BCUT2D eigenvalue weighted by atomic mass is 10.1. The fraction of sp³-hybridized carbons (Fsp3) is 0.148. The molecule has 10 nitrogen and oxygen atoms in total. The van der Waals surface area contributed by atoms with Crippen molar-refractivity contribution in [2.45, 2.75) is 13.5 Å². The number of non-ortho nitro benzene ring substituents is 1. The van der Waals surface area contributed by atoms with Crippen LogP contribution in [0.3, 0.4) is 0 Å². The highest BCUT2D eigenvalue weighted by Crippen LogP contribution is 2.31. The van der Waals surface area contributed by atoms with E-state index in [0.717, 1.165) is 5.56 Å². The molecule has 1 aliphatic heterocycles. The largest absolute Gasteiger partial charge is 0.494 e. The minimum absolute atomic E-state index is 0.00802. The molecule has 0 aliphatic carbocycles. The van der Waals surface area contributed by atoms with Gasteiger partial charge in [-0.3, -0.25) is 29.9 Å². The normalized spacial score (nSPS) is 14.3. The standard InChI is InChI=1S/C27H23N3O7S/c1-3-36-21-6-4-5-20(15-21)29-26(32)22(25(31)28-27(29)38)13-18-9-12-23(24(14-18)35-2)37-16-17-7-10-19(11-8-17)30(33)34/h4-15H,3,16H2,1-2H3,(H,28,31,38)/b22-13+. The maximum absolute atomic E-state index is 13.3. The van der Waals surface area contributed by atoms with Gasteiger partial charge in [0, 0.05) is 18.2 Å². The number of nitro groups is 1. The summed E-state index contributed by atoms with van der Waals surface area (Å²) in [5.41, 5.74) is 1.61. The van der Waals surface area contributed by atoms with Crippen molar-refractivity contribution in [3.8, 4) is 17.2 Å². The molecular weight excluding hydrogens is 510 g/mol. The smallest absolute Gasteiger partial charge is 0.270 e. The van der Waals surface area contributed by atoms with E-state index in [-0.39, 0.29) is 23.0 Å². The Morgan fingerprint density at radius 1 is 1.03 bits per heavy atom. The fourth-order valence-corrected chi connectivity index (χ4v) is 3.99. The van der Waals surface area contributed by atoms with Crippen molar-refractivity contribution in [2.24, 2.45) is 0 Å². The van der Waals surface area contributed by atoms with E-state index >= 15 is 0 Å². The molecular formula is C27H23N3O7S. The quantitative estimate of drug-likeness (QED) is 0.141. The van der Waals surface area contributed by atoms with Crippen molar-refractivity contribution in [1.29, 1.82) is 0 Å². The van der Waals surface area contributed by atoms with Crippen LogP contribution in [0.5, 0.6) is 17.2 Å². The molecule has 1 N–H and O–H groups in total. The molecule has 0 spiro atoms. The van der Waals surface area contributed by atoms with Crippen LogP contribution in [0.25, 0.3) is 6.08 Å². The Morgan fingerprint density at radius 3 is 2.47 bits per heavy atom. The molecule has 2 amide bonds. The molecule has 1 aliphatic rings.